The van der Waals surface area contributed by atoms with E-state index in [1.165, 1.54) is 12.1 Å². The second-order valence-corrected chi connectivity index (χ2v) is 8.71. The Morgan fingerprint density at radius 2 is 1.79 bits per heavy atom. The van der Waals surface area contributed by atoms with Gasteiger partial charge < -0.3 is 14.8 Å². The summed E-state index contributed by atoms with van der Waals surface area (Å²) < 4.78 is 15.2. The number of benzene rings is 1. The summed E-state index contributed by atoms with van der Waals surface area (Å²) in [6.07, 6.45) is 4.75. The minimum Gasteiger partial charge on any atom is -0.342 e. The summed E-state index contributed by atoms with van der Waals surface area (Å²) in [4.78, 5) is 31.7. The van der Waals surface area contributed by atoms with Crippen molar-refractivity contribution in [3.63, 3.8) is 0 Å². The van der Waals surface area contributed by atoms with Crippen LogP contribution in [-0.2, 0) is 16.6 Å². The Balaban J connectivity index is 1.71. The van der Waals surface area contributed by atoms with E-state index in [4.69, 9.17) is 0 Å². The summed E-state index contributed by atoms with van der Waals surface area (Å²) in [5.74, 6) is 0.251. The third-order valence-electron chi connectivity index (χ3n) is 5.40. The Morgan fingerprint density at radius 3 is 2.31 bits per heavy atom. The van der Waals surface area contributed by atoms with Crippen LogP contribution in [0.2, 0.25) is 0 Å². The molecule has 1 aromatic heterocycles. The molecular formula is C22H29FN4O2. The van der Waals surface area contributed by atoms with Crippen LogP contribution in [0.25, 0.3) is 0 Å². The van der Waals surface area contributed by atoms with Gasteiger partial charge in [0, 0.05) is 43.9 Å². The molecule has 0 radical (unpaired) electrons. The molecule has 1 atom stereocenters. The number of likely N-dealkylation sites (tertiary alicyclic amines) is 1. The van der Waals surface area contributed by atoms with Crippen LogP contribution in [0, 0.1) is 17.2 Å². The number of carbonyl (C=O) groups excluding carboxylic acids is 2. The fraction of sp³-hybridized carbons (Fsp3) is 0.500. The normalized spacial score (nSPS) is 16.5. The molecule has 7 heteroatoms. The van der Waals surface area contributed by atoms with Crippen LogP contribution in [0.5, 0.6) is 0 Å². The van der Waals surface area contributed by atoms with Crippen molar-refractivity contribution in [2.75, 3.05) is 13.1 Å². The maximum Gasteiger partial charge on any atom is 0.227 e. The number of halogens is 1. The number of piperidine rings is 1. The van der Waals surface area contributed by atoms with E-state index in [0.717, 1.165) is 5.56 Å². The van der Waals surface area contributed by atoms with Crippen molar-refractivity contribution >= 4 is 11.8 Å². The smallest absolute Gasteiger partial charge is 0.227 e. The van der Waals surface area contributed by atoms with Crippen LogP contribution in [0.3, 0.4) is 0 Å². The predicted molar refractivity (Wildman–Crippen MR) is 108 cm³/mol. The summed E-state index contributed by atoms with van der Waals surface area (Å²) >= 11 is 0. The van der Waals surface area contributed by atoms with Gasteiger partial charge in [-0.25, -0.2) is 9.37 Å². The molecule has 2 heterocycles. The van der Waals surface area contributed by atoms with Crippen molar-refractivity contribution in [3.05, 3.63) is 53.9 Å². The van der Waals surface area contributed by atoms with Crippen molar-refractivity contribution in [2.45, 2.75) is 39.7 Å². The first-order valence-corrected chi connectivity index (χ1v) is 9.99. The van der Waals surface area contributed by atoms with Gasteiger partial charge in [-0.05, 0) is 30.5 Å². The van der Waals surface area contributed by atoms with Crippen LogP contribution in [0.4, 0.5) is 4.39 Å². The lowest BCUT2D eigenvalue weighted by Crippen LogP contribution is -2.47. The molecule has 0 bridgehead atoms. The molecule has 3 rings (SSSR count). The van der Waals surface area contributed by atoms with Gasteiger partial charge >= 0.3 is 0 Å². The van der Waals surface area contributed by atoms with Gasteiger partial charge in [0.05, 0.1) is 0 Å². The van der Waals surface area contributed by atoms with Crippen molar-refractivity contribution in [1.29, 1.82) is 0 Å². The third kappa shape index (κ3) is 4.83. The highest BCUT2D eigenvalue weighted by atomic mass is 19.1. The highest BCUT2D eigenvalue weighted by Gasteiger charge is 2.33. The number of imidazole rings is 1. The maximum absolute atomic E-state index is 13.4. The molecule has 2 aromatic rings. The molecule has 0 saturated carbocycles. The van der Waals surface area contributed by atoms with E-state index < -0.39 is 11.5 Å². The van der Waals surface area contributed by atoms with Crippen LogP contribution in [0.1, 0.15) is 51.0 Å². The quantitative estimate of drug-likeness (QED) is 0.858. The first-order chi connectivity index (χ1) is 13.7. The number of carbonyl (C=O) groups is 2. The molecule has 1 unspecified atom stereocenters. The number of amides is 2. The summed E-state index contributed by atoms with van der Waals surface area (Å²) in [7, 11) is 1.86. The van der Waals surface area contributed by atoms with Crippen molar-refractivity contribution in [2.24, 2.45) is 18.4 Å². The fourth-order valence-corrected chi connectivity index (χ4v) is 3.69. The Morgan fingerprint density at radius 1 is 1.17 bits per heavy atom. The summed E-state index contributed by atoms with van der Waals surface area (Å²) in [6, 6.07) is 5.64. The van der Waals surface area contributed by atoms with E-state index in [1.54, 1.807) is 18.3 Å². The molecule has 156 valence electrons. The number of hydrogen-bond donors (Lipinski definition) is 1. The van der Waals surface area contributed by atoms with Gasteiger partial charge in [-0.2, -0.15) is 0 Å². The molecule has 0 aliphatic carbocycles. The fourth-order valence-electron chi connectivity index (χ4n) is 3.69. The highest BCUT2D eigenvalue weighted by Crippen LogP contribution is 2.26. The molecule has 1 saturated heterocycles. The number of rotatable bonds is 4. The topological polar surface area (TPSA) is 67.2 Å². The van der Waals surface area contributed by atoms with Crippen LogP contribution >= 0.6 is 0 Å². The molecular weight excluding hydrogens is 371 g/mol. The van der Waals surface area contributed by atoms with Gasteiger partial charge in [-0.15, -0.1) is 0 Å². The van der Waals surface area contributed by atoms with E-state index in [1.807, 2.05) is 43.5 Å². The second-order valence-electron chi connectivity index (χ2n) is 8.71. The average Bonchev–Trinajstić information content (AvgIpc) is 3.11. The van der Waals surface area contributed by atoms with Crippen LogP contribution < -0.4 is 5.32 Å². The summed E-state index contributed by atoms with van der Waals surface area (Å²) in [5, 5.41) is 3.09. The zero-order chi connectivity index (χ0) is 21.2. The highest BCUT2D eigenvalue weighted by molar-refractivity contribution is 5.83. The standard InChI is InChI=1S/C22H29FN4O2/c1-22(2,3)21(29)27-12-9-16(10-13-27)20(28)25-18(19-24-11-14-26(19)4)15-5-7-17(23)8-6-15/h5-8,11,14,16,18H,9-10,12-13H2,1-4H3,(H,25,28). The van der Waals surface area contributed by atoms with E-state index in [-0.39, 0.29) is 23.5 Å². The van der Waals surface area contributed by atoms with Gasteiger partial charge in [-0.1, -0.05) is 32.9 Å². The van der Waals surface area contributed by atoms with Crippen LogP contribution in [-0.4, -0.2) is 39.4 Å². The Labute approximate surface area is 171 Å². The zero-order valence-electron chi connectivity index (χ0n) is 17.5. The SMILES string of the molecule is Cn1ccnc1C(NC(=O)C1CCN(C(=O)C(C)(C)C)CC1)c1ccc(F)cc1. The van der Waals surface area contributed by atoms with Gasteiger partial charge in [-0.3, -0.25) is 9.59 Å². The Bertz CT molecular complexity index is 862. The lowest BCUT2D eigenvalue weighted by molar-refractivity contribution is -0.142. The average molecular weight is 400 g/mol. The number of aromatic nitrogens is 2. The largest absolute Gasteiger partial charge is 0.342 e. The van der Waals surface area contributed by atoms with E-state index >= 15 is 0 Å². The first kappa shape index (κ1) is 21.0. The molecule has 0 spiro atoms. The lowest BCUT2D eigenvalue weighted by Gasteiger charge is -2.35. The lowest BCUT2D eigenvalue weighted by atomic mass is 9.90. The summed E-state index contributed by atoms with van der Waals surface area (Å²) in [6.45, 7) is 6.90. The molecule has 1 aliphatic rings. The molecule has 2 amide bonds. The van der Waals surface area contributed by atoms with Gasteiger partial charge in [0.2, 0.25) is 11.8 Å². The van der Waals surface area contributed by atoms with E-state index in [0.29, 0.717) is 31.8 Å². The molecule has 6 nitrogen and oxygen atoms in total. The minimum absolute atomic E-state index is 0.0646. The number of hydrogen-bond acceptors (Lipinski definition) is 3. The zero-order valence-corrected chi connectivity index (χ0v) is 17.5. The number of nitrogens with one attached hydrogen (secondary N) is 1. The van der Waals surface area contributed by atoms with Crippen molar-refractivity contribution in [1.82, 2.24) is 19.8 Å². The second kappa shape index (κ2) is 8.35. The van der Waals surface area contributed by atoms with Gasteiger partial charge in [0.15, 0.2) is 0 Å². The third-order valence-corrected chi connectivity index (χ3v) is 5.40. The first-order valence-electron chi connectivity index (χ1n) is 9.99. The number of aryl methyl sites for hydroxylation is 1. The number of nitrogens with zero attached hydrogens (tertiary/aromatic N) is 3. The maximum atomic E-state index is 13.4. The Hall–Kier alpha value is -2.70. The van der Waals surface area contributed by atoms with Crippen molar-refractivity contribution < 1.29 is 14.0 Å². The van der Waals surface area contributed by atoms with Crippen LogP contribution in [0.15, 0.2) is 36.7 Å². The molecule has 1 aliphatic heterocycles. The van der Waals surface area contributed by atoms with Crippen molar-refractivity contribution in [3.8, 4) is 0 Å². The van der Waals surface area contributed by atoms with E-state index in [2.05, 4.69) is 10.3 Å². The van der Waals surface area contributed by atoms with E-state index in [9.17, 15) is 14.0 Å². The molecule has 1 N–H and O–H groups in total. The molecule has 1 fully saturated rings. The molecule has 1 aromatic carbocycles. The van der Waals surface area contributed by atoms with Gasteiger partial charge in [0.25, 0.3) is 0 Å². The summed E-state index contributed by atoms with van der Waals surface area (Å²) in [5.41, 5.74) is 0.357. The minimum atomic E-state index is -0.461. The Kier molecular flexibility index (Phi) is 6.05. The predicted octanol–water partition coefficient (Wildman–Crippen LogP) is 3.05. The van der Waals surface area contributed by atoms with Gasteiger partial charge in [0.1, 0.15) is 17.7 Å². The monoisotopic (exact) mass is 400 g/mol. The molecule has 29 heavy (non-hydrogen) atoms.